The summed E-state index contributed by atoms with van der Waals surface area (Å²) in [7, 11) is 0. The van der Waals surface area contributed by atoms with Gasteiger partial charge in [-0.05, 0) is 35.8 Å². The third-order valence-corrected chi connectivity index (χ3v) is 2.47. The van der Waals surface area contributed by atoms with Crippen molar-refractivity contribution >= 4 is 33.0 Å². The van der Waals surface area contributed by atoms with Crippen LogP contribution in [0.3, 0.4) is 0 Å². The van der Waals surface area contributed by atoms with Crippen LogP contribution >= 0.6 is 15.9 Å². The molecule has 74 valence electrons. The minimum Gasteiger partial charge on any atom is -0.369 e. The van der Waals surface area contributed by atoms with Crippen LogP contribution < -0.4 is 5.73 Å². The van der Waals surface area contributed by atoms with E-state index in [0.29, 0.717) is 5.95 Å². The lowest BCUT2D eigenvalue weighted by molar-refractivity contribution is 0.622. The molecule has 14 heavy (non-hydrogen) atoms. The van der Waals surface area contributed by atoms with E-state index in [-0.39, 0.29) is 6.04 Å². The van der Waals surface area contributed by atoms with Gasteiger partial charge in [0.05, 0.1) is 0 Å². The second kappa shape index (κ2) is 3.24. The lowest BCUT2D eigenvalue weighted by Crippen LogP contribution is -2.05. The highest BCUT2D eigenvalue weighted by atomic mass is 79.9. The smallest absolute Gasteiger partial charge is 0.202 e. The van der Waals surface area contributed by atoms with Crippen molar-refractivity contribution < 1.29 is 0 Å². The van der Waals surface area contributed by atoms with Crippen molar-refractivity contribution in [3.05, 3.63) is 16.7 Å². The van der Waals surface area contributed by atoms with E-state index in [2.05, 4.69) is 39.7 Å². The summed E-state index contributed by atoms with van der Waals surface area (Å²) in [6, 6.07) is 2.19. The fourth-order valence-electron chi connectivity index (χ4n) is 1.48. The number of pyridine rings is 1. The Morgan fingerprint density at radius 1 is 1.50 bits per heavy atom. The number of imidazole rings is 1. The van der Waals surface area contributed by atoms with Crippen LogP contribution in [0.4, 0.5) is 5.95 Å². The Kier molecular flexibility index (Phi) is 2.19. The van der Waals surface area contributed by atoms with Gasteiger partial charge in [0.15, 0.2) is 5.65 Å². The fraction of sp³-hybridized carbons (Fsp3) is 0.333. The highest BCUT2D eigenvalue weighted by Gasteiger charge is 2.11. The molecule has 0 aliphatic heterocycles. The molecule has 0 saturated carbocycles. The Morgan fingerprint density at radius 3 is 2.86 bits per heavy atom. The number of rotatable bonds is 1. The number of nitrogens with zero attached hydrogens (tertiary/aromatic N) is 3. The Bertz CT molecular complexity index is 475. The molecule has 2 heterocycles. The van der Waals surface area contributed by atoms with Crippen molar-refractivity contribution in [2.75, 3.05) is 5.73 Å². The van der Waals surface area contributed by atoms with Crippen molar-refractivity contribution in [1.29, 1.82) is 0 Å². The van der Waals surface area contributed by atoms with Crippen LogP contribution in [0.2, 0.25) is 0 Å². The average molecular weight is 255 g/mol. The number of anilines is 1. The average Bonchev–Trinajstić information content (AvgIpc) is 2.39. The number of nitrogens with two attached hydrogens (primary N) is 1. The zero-order valence-electron chi connectivity index (χ0n) is 8.03. The first kappa shape index (κ1) is 9.45. The second-order valence-electron chi connectivity index (χ2n) is 3.43. The van der Waals surface area contributed by atoms with Crippen LogP contribution in [0, 0.1) is 0 Å². The Balaban J connectivity index is 2.77. The number of aromatic nitrogens is 3. The molecule has 4 nitrogen and oxygen atoms in total. The first-order valence-electron chi connectivity index (χ1n) is 4.38. The Morgan fingerprint density at radius 2 is 2.21 bits per heavy atom. The predicted molar refractivity (Wildman–Crippen MR) is 60.0 cm³/mol. The molecule has 0 spiro atoms. The number of hydrogen-bond donors (Lipinski definition) is 1. The molecule has 0 aliphatic carbocycles. The van der Waals surface area contributed by atoms with Crippen LogP contribution in [0.1, 0.15) is 19.9 Å². The third kappa shape index (κ3) is 1.37. The van der Waals surface area contributed by atoms with Gasteiger partial charge in [-0.25, -0.2) is 9.97 Å². The minimum absolute atomic E-state index is 0.272. The summed E-state index contributed by atoms with van der Waals surface area (Å²) in [5.41, 5.74) is 7.46. The molecule has 0 aliphatic rings. The first-order valence-corrected chi connectivity index (χ1v) is 5.18. The van der Waals surface area contributed by atoms with Gasteiger partial charge in [0.25, 0.3) is 0 Å². The Hall–Kier alpha value is -1.10. The van der Waals surface area contributed by atoms with Crippen molar-refractivity contribution in [1.82, 2.24) is 14.5 Å². The zero-order chi connectivity index (χ0) is 10.3. The molecule has 0 saturated heterocycles. The minimum atomic E-state index is 0.272. The maximum atomic E-state index is 5.80. The largest absolute Gasteiger partial charge is 0.369 e. The predicted octanol–water partition coefficient (Wildman–Crippen LogP) is 2.36. The highest BCUT2D eigenvalue weighted by molar-refractivity contribution is 9.10. The topological polar surface area (TPSA) is 56.7 Å². The van der Waals surface area contributed by atoms with Crippen LogP contribution in [0.5, 0.6) is 0 Å². The third-order valence-electron chi connectivity index (χ3n) is 2.04. The molecule has 0 radical (unpaired) electrons. The van der Waals surface area contributed by atoms with Crippen molar-refractivity contribution in [3.8, 4) is 0 Å². The van der Waals surface area contributed by atoms with Crippen molar-refractivity contribution in [2.24, 2.45) is 0 Å². The number of hydrogen-bond acceptors (Lipinski definition) is 3. The fourth-order valence-corrected chi connectivity index (χ4v) is 1.80. The molecule has 0 amide bonds. The van der Waals surface area contributed by atoms with Crippen LogP contribution in [-0.2, 0) is 0 Å². The maximum Gasteiger partial charge on any atom is 0.202 e. The molecule has 2 rings (SSSR count). The number of nitrogen functional groups attached to an aromatic ring is 1. The highest BCUT2D eigenvalue weighted by Crippen LogP contribution is 2.22. The Labute approximate surface area is 90.3 Å². The molecule has 2 aromatic heterocycles. The molecule has 0 unspecified atom stereocenters. The summed E-state index contributed by atoms with van der Waals surface area (Å²) in [6.07, 6.45) is 1.75. The summed E-state index contributed by atoms with van der Waals surface area (Å²) >= 11 is 3.35. The van der Waals surface area contributed by atoms with Gasteiger partial charge in [0.2, 0.25) is 5.95 Å². The molecular formula is C9H11BrN4. The van der Waals surface area contributed by atoms with Gasteiger partial charge < -0.3 is 5.73 Å². The standard InChI is InChI=1S/C9H11BrN4/c1-5(2)14-8-7(13-9(14)11)3-6(10)4-12-8/h3-5H,1-2H3,(H2,11,13). The second-order valence-corrected chi connectivity index (χ2v) is 4.35. The maximum absolute atomic E-state index is 5.80. The van der Waals surface area contributed by atoms with Crippen molar-refractivity contribution in [3.63, 3.8) is 0 Å². The van der Waals surface area contributed by atoms with Gasteiger partial charge in [-0.1, -0.05) is 0 Å². The summed E-state index contributed by atoms with van der Waals surface area (Å²) in [5, 5.41) is 0. The number of fused-ring (bicyclic) bond motifs is 1. The lowest BCUT2D eigenvalue weighted by Gasteiger charge is -2.08. The molecular weight excluding hydrogens is 244 g/mol. The SMILES string of the molecule is CC(C)n1c(N)nc2cc(Br)cnc21. The van der Waals surface area contributed by atoms with Crippen molar-refractivity contribution in [2.45, 2.75) is 19.9 Å². The molecule has 0 bridgehead atoms. The molecule has 0 atom stereocenters. The summed E-state index contributed by atoms with van der Waals surface area (Å²) < 4.78 is 2.83. The van der Waals surface area contributed by atoms with E-state index in [4.69, 9.17) is 5.73 Å². The van der Waals surface area contributed by atoms with Crippen LogP contribution in [0.15, 0.2) is 16.7 Å². The van der Waals surface area contributed by atoms with E-state index in [1.807, 2.05) is 10.6 Å². The van der Waals surface area contributed by atoms with Crippen LogP contribution in [-0.4, -0.2) is 14.5 Å². The van der Waals surface area contributed by atoms with Gasteiger partial charge in [0.1, 0.15) is 5.52 Å². The molecule has 2 aromatic rings. The normalized spacial score (nSPS) is 11.4. The zero-order valence-corrected chi connectivity index (χ0v) is 9.62. The van der Waals surface area contributed by atoms with E-state index in [1.54, 1.807) is 6.20 Å². The van der Waals surface area contributed by atoms with E-state index in [0.717, 1.165) is 15.6 Å². The van der Waals surface area contributed by atoms with E-state index < -0.39 is 0 Å². The van der Waals surface area contributed by atoms with E-state index >= 15 is 0 Å². The molecule has 2 N–H and O–H groups in total. The molecule has 5 heteroatoms. The summed E-state index contributed by atoms with van der Waals surface area (Å²) in [4.78, 5) is 8.54. The molecule has 0 aromatic carbocycles. The summed E-state index contributed by atoms with van der Waals surface area (Å²) in [5.74, 6) is 0.514. The van der Waals surface area contributed by atoms with Gasteiger partial charge in [0, 0.05) is 16.7 Å². The quantitative estimate of drug-likeness (QED) is 0.850. The first-order chi connectivity index (χ1) is 6.59. The monoisotopic (exact) mass is 254 g/mol. The summed E-state index contributed by atoms with van der Waals surface area (Å²) in [6.45, 7) is 4.11. The van der Waals surface area contributed by atoms with Gasteiger partial charge >= 0.3 is 0 Å². The van der Waals surface area contributed by atoms with E-state index in [1.165, 1.54) is 0 Å². The van der Waals surface area contributed by atoms with Gasteiger partial charge in [-0.3, -0.25) is 4.57 Å². The van der Waals surface area contributed by atoms with Gasteiger partial charge in [-0.2, -0.15) is 0 Å². The number of halogens is 1. The molecule has 0 fully saturated rings. The van der Waals surface area contributed by atoms with Crippen LogP contribution in [0.25, 0.3) is 11.2 Å². The van der Waals surface area contributed by atoms with E-state index in [9.17, 15) is 0 Å². The van der Waals surface area contributed by atoms with Gasteiger partial charge in [-0.15, -0.1) is 0 Å². The lowest BCUT2D eigenvalue weighted by atomic mass is 10.4.